The van der Waals surface area contributed by atoms with Crippen LogP contribution in [-0.4, -0.2) is 56.2 Å². The maximum atomic E-state index is 3.38. The fourth-order valence-electron chi connectivity index (χ4n) is 2.14. The van der Waals surface area contributed by atoms with Crippen molar-refractivity contribution in [3.63, 3.8) is 0 Å². The number of hydrogen-bond acceptors (Lipinski definition) is 3. The predicted molar refractivity (Wildman–Crippen MR) is 68.0 cm³/mol. The fourth-order valence-corrected chi connectivity index (χ4v) is 2.14. The molecule has 1 aromatic rings. The average molecular weight is 222 g/mol. The summed E-state index contributed by atoms with van der Waals surface area (Å²) in [5, 5.41) is 3.38. The van der Waals surface area contributed by atoms with E-state index in [1.54, 1.807) is 0 Å². The highest BCUT2D eigenvalue weighted by Gasteiger charge is 2.09. The van der Waals surface area contributed by atoms with Crippen LogP contribution in [0.2, 0.25) is 0 Å². The van der Waals surface area contributed by atoms with Gasteiger partial charge in [-0.3, -0.25) is 0 Å². The monoisotopic (exact) mass is 222 g/mol. The second-order valence-corrected chi connectivity index (χ2v) is 4.42. The average Bonchev–Trinajstić information content (AvgIpc) is 2.84. The van der Waals surface area contributed by atoms with Crippen LogP contribution >= 0.6 is 0 Å². The Kier molecular flexibility index (Phi) is 4.25. The molecule has 1 fully saturated rings. The van der Waals surface area contributed by atoms with Gasteiger partial charge in [-0.1, -0.05) is 0 Å². The maximum Gasteiger partial charge on any atom is 0.105 e. The molecular weight excluding hydrogens is 200 g/mol. The Morgan fingerprint density at radius 2 is 2.19 bits per heavy atom. The normalized spacial score (nSPS) is 17.6. The Labute approximate surface area is 97.6 Å². The summed E-state index contributed by atoms with van der Waals surface area (Å²) in [5.74, 6) is 1.21. The minimum atomic E-state index is 1.12. The molecule has 0 radical (unpaired) electrons. The summed E-state index contributed by atoms with van der Waals surface area (Å²) >= 11 is 0. The van der Waals surface area contributed by atoms with Crippen LogP contribution in [0.15, 0.2) is 18.3 Å². The zero-order valence-electron chi connectivity index (χ0n) is 10.1. The number of nitrogens with zero attached hydrogens (tertiary/aromatic N) is 2. The smallest absolute Gasteiger partial charge is 0.105 e. The maximum absolute atomic E-state index is 3.38. The molecule has 4 nitrogen and oxygen atoms in total. The molecule has 16 heavy (non-hydrogen) atoms. The highest BCUT2D eigenvalue weighted by atomic mass is 15.2. The summed E-state index contributed by atoms with van der Waals surface area (Å²) in [6, 6.07) is 4.16. The van der Waals surface area contributed by atoms with Crippen LogP contribution in [-0.2, 0) is 0 Å². The largest absolute Gasteiger partial charge is 0.361 e. The van der Waals surface area contributed by atoms with Crippen LogP contribution in [0, 0.1) is 0 Å². The van der Waals surface area contributed by atoms with Crippen LogP contribution in [0.4, 0.5) is 5.82 Å². The Balaban J connectivity index is 1.63. The molecule has 0 aromatic carbocycles. The van der Waals surface area contributed by atoms with E-state index < -0.39 is 0 Å². The molecule has 0 amide bonds. The number of rotatable bonds is 5. The summed E-state index contributed by atoms with van der Waals surface area (Å²) in [6.07, 6.45) is 3.21. The van der Waals surface area contributed by atoms with E-state index in [0.717, 1.165) is 19.6 Å². The predicted octanol–water partition coefficient (Wildman–Crippen LogP) is 0.746. The summed E-state index contributed by atoms with van der Waals surface area (Å²) in [7, 11) is 2.14. The van der Waals surface area contributed by atoms with E-state index in [9.17, 15) is 0 Å². The topological polar surface area (TPSA) is 34.3 Å². The number of anilines is 1. The first kappa shape index (κ1) is 11.5. The Bertz CT molecular complexity index is 277. The molecule has 0 spiro atoms. The number of aromatic nitrogens is 1. The summed E-state index contributed by atoms with van der Waals surface area (Å²) < 4.78 is 0. The highest BCUT2D eigenvalue weighted by Crippen LogP contribution is 2.08. The van der Waals surface area contributed by atoms with Crippen molar-refractivity contribution >= 4 is 5.82 Å². The quantitative estimate of drug-likeness (QED) is 0.771. The fraction of sp³-hybridized carbons (Fsp3) is 0.667. The van der Waals surface area contributed by atoms with Crippen molar-refractivity contribution in [1.29, 1.82) is 0 Å². The van der Waals surface area contributed by atoms with E-state index in [1.807, 2.05) is 12.3 Å². The van der Waals surface area contributed by atoms with Gasteiger partial charge in [-0.25, -0.2) is 0 Å². The Hall–Kier alpha value is -1.00. The highest BCUT2D eigenvalue weighted by molar-refractivity contribution is 5.36. The van der Waals surface area contributed by atoms with E-state index >= 15 is 0 Å². The minimum Gasteiger partial charge on any atom is -0.361 e. The van der Waals surface area contributed by atoms with E-state index in [-0.39, 0.29) is 0 Å². The van der Waals surface area contributed by atoms with Gasteiger partial charge in [0.05, 0.1) is 0 Å². The van der Waals surface area contributed by atoms with E-state index in [1.165, 1.54) is 31.9 Å². The summed E-state index contributed by atoms with van der Waals surface area (Å²) in [6.45, 7) is 7.02. The summed E-state index contributed by atoms with van der Waals surface area (Å²) in [4.78, 5) is 8.05. The van der Waals surface area contributed by atoms with Gasteiger partial charge in [0.15, 0.2) is 0 Å². The second-order valence-electron chi connectivity index (χ2n) is 4.42. The van der Waals surface area contributed by atoms with Gasteiger partial charge in [0.2, 0.25) is 0 Å². The number of H-pyrrole nitrogens is 1. The lowest BCUT2D eigenvalue weighted by Gasteiger charge is -2.28. The first-order valence-corrected chi connectivity index (χ1v) is 6.14. The van der Waals surface area contributed by atoms with Gasteiger partial charge in [-0.05, 0) is 25.1 Å². The number of nitrogens with one attached hydrogen (secondary N) is 2. The lowest BCUT2D eigenvalue weighted by Crippen LogP contribution is -2.44. The molecule has 0 aliphatic carbocycles. The number of hydrogen-bond donors (Lipinski definition) is 2. The number of piperazine rings is 1. The molecule has 2 heterocycles. The van der Waals surface area contributed by atoms with Crippen molar-refractivity contribution in [2.75, 3.05) is 51.2 Å². The molecule has 1 aliphatic rings. The van der Waals surface area contributed by atoms with Crippen molar-refractivity contribution in [1.82, 2.24) is 15.2 Å². The van der Waals surface area contributed by atoms with Crippen LogP contribution in [0.3, 0.4) is 0 Å². The second kappa shape index (κ2) is 5.92. The van der Waals surface area contributed by atoms with Crippen molar-refractivity contribution in [2.45, 2.75) is 6.42 Å². The zero-order chi connectivity index (χ0) is 11.2. The van der Waals surface area contributed by atoms with Gasteiger partial charge in [0, 0.05) is 46.0 Å². The van der Waals surface area contributed by atoms with E-state index in [0.29, 0.717) is 0 Å². The molecular formula is C12H22N4. The Morgan fingerprint density at radius 3 is 2.88 bits per heavy atom. The molecule has 0 saturated carbocycles. The van der Waals surface area contributed by atoms with Crippen molar-refractivity contribution < 1.29 is 0 Å². The molecule has 0 atom stereocenters. The Morgan fingerprint density at radius 1 is 1.38 bits per heavy atom. The molecule has 1 aromatic heterocycles. The third kappa shape index (κ3) is 3.25. The third-order valence-electron chi connectivity index (χ3n) is 3.17. The zero-order valence-corrected chi connectivity index (χ0v) is 10.1. The summed E-state index contributed by atoms with van der Waals surface area (Å²) in [5.41, 5.74) is 0. The van der Waals surface area contributed by atoms with Crippen LogP contribution in [0.25, 0.3) is 0 Å². The molecule has 1 aliphatic heterocycles. The third-order valence-corrected chi connectivity index (χ3v) is 3.17. The van der Waals surface area contributed by atoms with Crippen molar-refractivity contribution in [3.8, 4) is 0 Å². The molecule has 2 rings (SSSR count). The molecule has 1 saturated heterocycles. The first-order chi connectivity index (χ1) is 7.86. The molecule has 4 heteroatoms. The van der Waals surface area contributed by atoms with Crippen LogP contribution in [0.1, 0.15) is 6.42 Å². The lowest BCUT2D eigenvalue weighted by molar-refractivity contribution is 0.239. The van der Waals surface area contributed by atoms with Crippen molar-refractivity contribution in [2.24, 2.45) is 0 Å². The van der Waals surface area contributed by atoms with Gasteiger partial charge in [0.25, 0.3) is 0 Å². The molecule has 0 unspecified atom stereocenters. The van der Waals surface area contributed by atoms with Crippen LogP contribution < -0.4 is 10.2 Å². The number of aromatic amines is 1. The molecule has 90 valence electrons. The minimum absolute atomic E-state index is 1.12. The van der Waals surface area contributed by atoms with E-state index in [4.69, 9.17) is 0 Å². The van der Waals surface area contributed by atoms with Gasteiger partial charge < -0.3 is 20.1 Å². The van der Waals surface area contributed by atoms with Gasteiger partial charge in [0.1, 0.15) is 5.82 Å². The van der Waals surface area contributed by atoms with Crippen LogP contribution in [0.5, 0.6) is 0 Å². The SMILES string of the molecule is CN(CCCN1CCNCC1)c1ccc[nH]1. The molecule has 0 bridgehead atoms. The van der Waals surface area contributed by atoms with Gasteiger partial charge in [-0.2, -0.15) is 0 Å². The van der Waals surface area contributed by atoms with Gasteiger partial charge in [-0.15, -0.1) is 0 Å². The van der Waals surface area contributed by atoms with E-state index in [2.05, 4.69) is 33.2 Å². The van der Waals surface area contributed by atoms with Crippen molar-refractivity contribution in [3.05, 3.63) is 18.3 Å². The lowest BCUT2D eigenvalue weighted by atomic mass is 10.3. The van der Waals surface area contributed by atoms with Gasteiger partial charge >= 0.3 is 0 Å². The molecule has 2 N–H and O–H groups in total. The standard InChI is InChI=1S/C12H22N4/c1-15(12-4-2-5-14-12)8-3-9-16-10-6-13-7-11-16/h2,4-5,13-14H,3,6-11H2,1H3. The first-order valence-electron chi connectivity index (χ1n) is 6.14.